The molecule has 0 saturated carbocycles. The van der Waals surface area contributed by atoms with Gasteiger partial charge < -0.3 is 9.84 Å². The predicted molar refractivity (Wildman–Crippen MR) is 112 cm³/mol. The summed E-state index contributed by atoms with van der Waals surface area (Å²) in [6.45, 7) is 1.59. The van der Waals surface area contributed by atoms with E-state index in [9.17, 15) is 27.5 Å². The quantitative estimate of drug-likeness (QED) is 0.489. The molecule has 182 valence electrons. The highest BCUT2D eigenvalue weighted by Gasteiger charge is 2.39. The number of halogens is 6. The van der Waals surface area contributed by atoms with Crippen molar-refractivity contribution in [3.8, 4) is 11.7 Å². The van der Waals surface area contributed by atoms with E-state index in [0.717, 1.165) is 10.6 Å². The minimum atomic E-state index is -4.86. The second-order valence-corrected chi connectivity index (χ2v) is 7.23. The molecule has 34 heavy (non-hydrogen) atoms. The van der Waals surface area contributed by atoms with Gasteiger partial charge in [0, 0.05) is 18.8 Å². The van der Waals surface area contributed by atoms with E-state index in [1.807, 2.05) is 0 Å². The van der Waals surface area contributed by atoms with Crippen LogP contribution in [0.15, 0.2) is 29.2 Å². The molecule has 14 heteroatoms. The number of aromatic nitrogens is 5. The number of ether oxygens (including phenoxy) is 1. The van der Waals surface area contributed by atoms with Gasteiger partial charge in [0.15, 0.2) is 23.6 Å². The zero-order valence-corrected chi connectivity index (χ0v) is 18.4. The summed E-state index contributed by atoms with van der Waals surface area (Å²) in [6.07, 6.45) is -5.25. The van der Waals surface area contributed by atoms with Crippen molar-refractivity contribution >= 4 is 23.5 Å². The summed E-state index contributed by atoms with van der Waals surface area (Å²) in [4.78, 5) is 20.0. The number of hydrogen-bond donors (Lipinski definition) is 1. The molecule has 0 aliphatic carbocycles. The van der Waals surface area contributed by atoms with Gasteiger partial charge in [-0.15, -0.1) is 5.10 Å². The van der Waals surface area contributed by atoms with Crippen LogP contribution >= 0.6 is 11.6 Å². The molecule has 8 nitrogen and oxygen atoms in total. The molecule has 0 bridgehead atoms. The summed E-state index contributed by atoms with van der Waals surface area (Å²) in [5, 5.41) is 13.2. The summed E-state index contributed by atoms with van der Waals surface area (Å²) in [5.41, 5.74) is -1.77. The van der Waals surface area contributed by atoms with Gasteiger partial charge in [0.2, 0.25) is 5.88 Å². The topological polar surface area (TPSA) is 95.1 Å². The van der Waals surface area contributed by atoms with Crippen molar-refractivity contribution in [1.82, 2.24) is 24.3 Å². The number of aliphatic hydroxyl groups excluding tert-OH is 1. The fraction of sp³-hybridized carbons (Fsp3) is 0.300. The molecule has 0 spiro atoms. The third kappa shape index (κ3) is 5.09. The van der Waals surface area contributed by atoms with Gasteiger partial charge in [-0.05, 0) is 32.0 Å². The fourth-order valence-electron chi connectivity index (χ4n) is 2.82. The van der Waals surface area contributed by atoms with E-state index in [0.29, 0.717) is 17.7 Å². The van der Waals surface area contributed by atoms with Gasteiger partial charge in [0.1, 0.15) is 12.4 Å². The first-order valence-corrected chi connectivity index (χ1v) is 10.1. The van der Waals surface area contributed by atoms with E-state index in [1.54, 1.807) is 6.92 Å². The largest absolute Gasteiger partial charge is 0.464 e. The number of aliphatic hydroxyl groups is 1. The van der Waals surface area contributed by atoms with Crippen molar-refractivity contribution < 1.29 is 31.8 Å². The van der Waals surface area contributed by atoms with E-state index in [2.05, 4.69) is 15.1 Å². The van der Waals surface area contributed by atoms with E-state index < -0.39 is 53.5 Å². The number of alkyl halides is 3. The first-order valence-electron chi connectivity index (χ1n) is 9.69. The average Bonchev–Trinajstić information content (AvgIpc) is 3.10. The fourth-order valence-corrected chi connectivity index (χ4v) is 2.99. The maximum atomic E-state index is 15.1. The van der Waals surface area contributed by atoms with Crippen molar-refractivity contribution in [3.63, 3.8) is 0 Å². The van der Waals surface area contributed by atoms with E-state index in [4.69, 9.17) is 16.3 Å². The lowest BCUT2D eigenvalue weighted by Crippen LogP contribution is -2.32. The summed E-state index contributed by atoms with van der Waals surface area (Å²) in [7, 11) is 0. The van der Waals surface area contributed by atoms with Crippen LogP contribution in [0.25, 0.3) is 17.7 Å². The van der Waals surface area contributed by atoms with Gasteiger partial charge in [-0.2, -0.15) is 22.8 Å². The molecule has 3 aromatic heterocycles. The summed E-state index contributed by atoms with van der Waals surface area (Å²) in [6, 6.07) is 3.38. The number of rotatable bonds is 7. The molecule has 0 saturated heterocycles. The van der Waals surface area contributed by atoms with Gasteiger partial charge in [0.05, 0.1) is 16.3 Å². The lowest BCUT2D eigenvalue weighted by Gasteiger charge is -2.19. The molecule has 0 aliphatic rings. The highest BCUT2D eigenvalue weighted by molar-refractivity contribution is 6.32. The van der Waals surface area contributed by atoms with E-state index >= 15 is 4.39 Å². The SMILES string of the molecule is CCn1c(CO)nn(-c2nc(O[C@@H](C)C(F)(F)F)c(/C(F)=C/c3ncccc3Cl)cc2F)c1=O. The Morgan fingerprint density at radius 3 is 2.65 bits per heavy atom. The smallest absolute Gasteiger partial charge is 0.425 e. The van der Waals surface area contributed by atoms with Crippen molar-refractivity contribution in [1.29, 1.82) is 0 Å². The van der Waals surface area contributed by atoms with Crippen LogP contribution in [-0.2, 0) is 13.2 Å². The van der Waals surface area contributed by atoms with Crippen molar-refractivity contribution in [2.75, 3.05) is 0 Å². The van der Waals surface area contributed by atoms with Crippen LogP contribution < -0.4 is 10.4 Å². The molecule has 0 radical (unpaired) electrons. The zero-order valence-electron chi connectivity index (χ0n) is 17.6. The summed E-state index contributed by atoms with van der Waals surface area (Å²) >= 11 is 5.93. The molecule has 3 rings (SSSR count). The molecule has 1 atom stereocenters. The van der Waals surface area contributed by atoms with E-state index in [-0.39, 0.29) is 23.1 Å². The Kier molecular flexibility index (Phi) is 7.36. The summed E-state index contributed by atoms with van der Waals surface area (Å²) in [5.74, 6) is -4.47. The Hall–Kier alpha value is -3.32. The van der Waals surface area contributed by atoms with Crippen molar-refractivity contribution in [3.05, 3.63) is 62.8 Å². The Labute approximate surface area is 193 Å². The van der Waals surface area contributed by atoms with Crippen LogP contribution in [0.3, 0.4) is 0 Å². The lowest BCUT2D eigenvalue weighted by molar-refractivity contribution is -0.190. The molecule has 0 aromatic carbocycles. The maximum Gasteiger partial charge on any atom is 0.425 e. The van der Waals surface area contributed by atoms with Crippen LogP contribution in [0.1, 0.15) is 30.9 Å². The molecule has 1 N–H and O–H groups in total. The second-order valence-electron chi connectivity index (χ2n) is 6.82. The maximum absolute atomic E-state index is 15.1. The van der Waals surface area contributed by atoms with Gasteiger partial charge in [-0.25, -0.2) is 13.6 Å². The number of hydrogen-bond acceptors (Lipinski definition) is 6. The van der Waals surface area contributed by atoms with Crippen LogP contribution in [0, 0.1) is 5.82 Å². The first kappa shape index (κ1) is 25.3. The second kappa shape index (κ2) is 9.89. The van der Waals surface area contributed by atoms with Gasteiger partial charge >= 0.3 is 11.9 Å². The van der Waals surface area contributed by atoms with Crippen LogP contribution in [-0.4, -0.2) is 41.7 Å². The van der Waals surface area contributed by atoms with Crippen LogP contribution in [0.4, 0.5) is 22.0 Å². The highest BCUT2D eigenvalue weighted by Crippen LogP contribution is 2.33. The Bertz CT molecular complexity index is 1290. The Morgan fingerprint density at radius 2 is 2.09 bits per heavy atom. The lowest BCUT2D eigenvalue weighted by atomic mass is 10.2. The normalized spacial score (nSPS) is 13.3. The first-order chi connectivity index (χ1) is 16.0. The minimum Gasteiger partial charge on any atom is -0.464 e. The minimum absolute atomic E-state index is 0.0296. The van der Waals surface area contributed by atoms with Gasteiger partial charge in [0.25, 0.3) is 0 Å². The van der Waals surface area contributed by atoms with Gasteiger partial charge in [-0.3, -0.25) is 9.55 Å². The Morgan fingerprint density at radius 1 is 1.38 bits per heavy atom. The van der Waals surface area contributed by atoms with Crippen LogP contribution in [0.5, 0.6) is 5.88 Å². The van der Waals surface area contributed by atoms with E-state index in [1.165, 1.54) is 18.3 Å². The van der Waals surface area contributed by atoms with Crippen LogP contribution in [0.2, 0.25) is 5.02 Å². The third-order valence-corrected chi connectivity index (χ3v) is 4.90. The predicted octanol–water partition coefficient (Wildman–Crippen LogP) is 3.93. The average molecular weight is 506 g/mol. The van der Waals surface area contributed by atoms with Crippen molar-refractivity contribution in [2.45, 2.75) is 39.3 Å². The Balaban J connectivity index is 2.21. The number of pyridine rings is 2. The van der Waals surface area contributed by atoms with Gasteiger partial charge in [-0.1, -0.05) is 11.6 Å². The van der Waals surface area contributed by atoms with Crippen molar-refractivity contribution in [2.24, 2.45) is 0 Å². The summed E-state index contributed by atoms with van der Waals surface area (Å²) < 4.78 is 75.6. The molecule has 3 aromatic rings. The number of nitrogens with zero attached hydrogens (tertiary/aromatic N) is 5. The molecular weight excluding hydrogens is 489 g/mol. The molecule has 0 unspecified atom stereocenters. The molecular formula is C20H17ClF5N5O3. The monoisotopic (exact) mass is 505 g/mol. The third-order valence-electron chi connectivity index (χ3n) is 4.58. The molecule has 0 amide bonds. The highest BCUT2D eigenvalue weighted by atomic mass is 35.5. The molecule has 0 fully saturated rings. The molecule has 3 heterocycles. The zero-order chi connectivity index (χ0) is 25.2. The standard InChI is InChI=1S/C20H17ClF5N5O3/c1-3-30-16(9-32)29-31(19(30)33)17-14(23)7-11(18(28-17)34-10(2)20(24,25)26)13(22)8-15-12(21)5-4-6-27-15/h4-8,10,32H,3,9H2,1-2H3/b13-8-/t10-/m0/s1. The molecule has 0 aliphatic heterocycles.